The first-order chi connectivity index (χ1) is 10.5. The molecule has 2 aromatic rings. The maximum atomic E-state index is 12.2. The lowest BCUT2D eigenvalue weighted by molar-refractivity contribution is -0.142. The highest BCUT2D eigenvalue weighted by Crippen LogP contribution is 2.33. The van der Waals surface area contributed by atoms with Crippen LogP contribution in [0.5, 0.6) is 0 Å². The topological polar surface area (TPSA) is 101 Å². The summed E-state index contributed by atoms with van der Waals surface area (Å²) in [6.45, 7) is -0.230. The minimum atomic E-state index is -1.04. The van der Waals surface area contributed by atoms with Crippen LogP contribution in [-0.4, -0.2) is 32.6 Å². The average molecular weight is 321 g/mol. The Labute approximate surface area is 129 Å². The molecule has 116 valence electrons. The fourth-order valence-corrected chi connectivity index (χ4v) is 3.03. The van der Waals surface area contributed by atoms with E-state index in [1.807, 2.05) is 0 Å². The second-order valence-electron chi connectivity index (χ2n) is 5.45. The molecule has 22 heavy (non-hydrogen) atoms. The quantitative estimate of drug-likeness (QED) is 0.820. The summed E-state index contributed by atoms with van der Waals surface area (Å²) in [6.07, 6.45) is 3.78. The number of aromatic nitrogens is 2. The molecule has 1 aliphatic carbocycles. The van der Waals surface area contributed by atoms with E-state index in [-0.39, 0.29) is 12.1 Å². The number of amides is 1. The van der Waals surface area contributed by atoms with Gasteiger partial charge in [-0.05, 0) is 23.8 Å². The van der Waals surface area contributed by atoms with Crippen LogP contribution in [-0.2, 0) is 16.1 Å². The van der Waals surface area contributed by atoms with Crippen molar-refractivity contribution in [1.29, 1.82) is 0 Å². The van der Waals surface area contributed by atoms with Crippen molar-refractivity contribution in [2.45, 2.75) is 31.8 Å². The number of hydrogen-bond acceptors (Lipinski definition) is 5. The zero-order valence-corrected chi connectivity index (χ0v) is 12.5. The highest BCUT2D eigenvalue weighted by atomic mass is 32.1. The number of carboxylic acid groups (broad SMARTS) is 1. The van der Waals surface area contributed by atoms with Crippen LogP contribution in [0.3, 0.4) is 0 Å². The van der Waals surface area contributed by atoms with Gasteiger partial charge in [-0.1, -0.05) is 12.8 Å². The van der Waals surface area contributed by atoms with E-state index in [0.29, 0.717) is 22.6 Å². The fraction of sp³-hybridized carbons (Fsp3) is 0.429. The van der Waals surface area contributed by atoms with Gasteiger partial charge >= 0.3 is 5.97 Å². The summed E-state index contributed by atoms with van der Waals surface area (Å²) in [5.74, 6) is -1.15. The van der Waals surface area contributed by atoms with Gasteiger partial charge in [0, 0.05) is 0 Å². The van der Waals surface area contributed by atoms with Gasteiger partial charge in [-0.3, -0.25) is 14.2 Å². The molecule has 0 bridgehead atoms. The molecule has 1 unspecified atom stereocenters. The molecule has 0 spiro atoms. The molecular formula is C14H15N3O4S. The zero-order valence-electron chi connectivity index (χ0n) is 11.7. The number of hydrogen-bond donors (Lipinski definition) is 2. The van der Waals surface area contributed by atoms with Gasteiger partial charge in [0.15, 0.2) is 0 Å². The lowest BCUT2D eigenvalue weighted by atomic mass is 10.1. The number of nitrogens with one attached hydrogen (secondary N) is 1. The van der Waals surface area contributed by atoms with E-state index >= 15 is 0 Å². The maximum absolute atomic E-state index is 12.2. The summed E-state index contributed by atoms with van der Waals surface area (Å²) in [7, 11) is 0. The molecule has 2 N–H and O–H groups in total. The molecule has 0 saturated heterocycles. The van der Waals surface area contributed by atoms with Gasteiger partial charge in [0.25, 0.3) is 5.56 Å². The molecule has 1 atom stereocenters. The van der Waals surface area contributed by atoms with Gasteiger partial charge in [-0.25, -0.2) is 9.78 Å². The standard InChI is InChI=1S/C14H15N3O4S/c18-11(16-10(14(20)21)5-8-1-2-8)6-17-7-15-12-9(13(17)19)3-4-22-12/h3-4,7-8,10H,1-2,5-6H2,(H,16,18)(H,20,21). The summed E-state index contributed by atoms with van der Waals surface area (Å²) in [6, 6.07) is 0.769. The third-order valence-corrected chi connectivity index (χ3v) is 4.48. The first-order valence-corrected chi connectivity index (χ1v) is 7.87. The van der Waals surface area contributed by atoms with Crippen LogP contribution in [0.1, 0.15) is 19.3 Å². The van der Waals surface area contributed by atoms with Crippen molar-refractivity contribution in [3.05, 3.63) is 28.1 Å². The Morgan fingerprint density at radius 1 is 1.50 bits per heavy atom. The van der Waals surface area contributed by atoms with E-state index in [9.17, 15) is 14.4 Å². The molecule has 0 radical (unpaired) electrons. The second-order valence-corrected chi connectivity index (χ2v) is 6.35. The lowest BCUT2D eigenvalue weighted by Crippen LogP contribution is -2.43. The minimum absolute atomic E-state index is 0.230. The number of aliphatic carboxylic acids is 1. The molecule has 1 aliphatic rings. The zero-order chi connectivity index (χ0) is 15.7. The fourth-order valence-electron chi connectivity index (χ4n) is 2.31. The van der Waals surface area contributed by atoms with Crippen LogP contribution >= 0.6 is 11.3 Å². The Balaban J connectivity index is 1.70. The Morgan fingerprint density at radius 3 is 2.95 bits per heavy atom. The monoisotopic (exact) mass is 321 g/mol. The van der Waals surface area contributed by atoms with Crippen molar-refractivity contribution in [3.63, 3.8) is 0 Å². The van der Waals surface area contributed by atoms with Crippen molar-refractivity contribution in [2.75, 3.05) is 0 Å². The summed E-state index contributed by atoms with van der Waals surface area (Å²) in [5.41, 5.74) is -0.296. The summed E-state index contributed by atoms with van der Waals surface area (Å²) >= 11 is 1.35. The maximum Gasteiger partial charge on any atom is 0.326 e. The summed E-state index contributed by atoms with van der Waals surface area (Å²) in [4.78, 5) is 40.1. The Morgan fingerprint density at radius 2 is 2.27 bits per heavy atom. The lowest BCUT2D eigenvalue weighted by Gasteiger charge is -2.14. The predicted molar refractivity (Wildman–Crippen MR) is 80.8 cm³/mol. The molecular weight excluding hydrogens is 306 g/mol. The van der Waals surface area contributed by atoms with Gasteiger partial charge in [-0.2, -0.15) is 0 Å². The van der Waals surface area contributed by atoms with Crippen LogP contribution in [0.4, 0.5) is 0 Å². The van der Waals surface area contributed by atoms with E-state index < -0.39 is 17.9 Å². The van der Waals surface area contributed by atoms with Gasteiger partial charge in [0.1, 0.15) is 17.4 Å². The number of carbonyl (C=O) groups is 2. The predicted octanol–water partition coefficient (Wildman–Crippen LogP) is 0.827. The number of thiophene rings is 1. The smallest absolute Gasteiger partial charge is 0.326 e. The van der Waals surface area contributed by atoms with E-state index in [0.717, 1.165) is 12.8 Å². The number of fused-ring (bicyclic) bond motifs is 1. The molecule has 3 rings (SSSR count). The van der Waals surface area contributed by atoms with Crippen molar-refractivity contribution in [2.24, 2.45) is 5.92 Å². The Kier molecular flexibility index (Phi) is 3.93. The SMILES string of the molecule is O=C(Cn1cnc2sccc2c1=O)NC(CC1CC1)C(=O)O. The van der Waals surface area contributed by atoms with Gasteiger partial charge in [0.2, 0.25) is 5.91 Å². The minimum Gasteiger partial charge on any atom is -0.480 e. The van der Waals surface area contributed by atoms with Crippen LogP contribution in [0, 0.1) is 5.92 Å². The van der Waals surface area contributed by atoms with E-state index in [1.54, 1.807) is 11.4 Å². The second kappa shape index (κ2) is 5.88. The van der Waals surface area contributed by atoms with E-state index in [2.05, 4.69) is 10.3 Å². The van der Waals surface area contributed by atoms with Crippen molar-refractivity contribution < 1.29 is 14.7 Å². The third kappa shape index (κ3) is 3.16. The van der Waals surface area contributed by atoms with Crippen molar-refractivity contribution in [3.8, 4) is 0 Å². The molecule has 7 nitrogen and oxygen atoms in total. The van der Waals surface area contributed by atoms with E-state index in [4.69, 9.17) is 5.11 Å². The highest BCUT2D eigenvalue weighted by Gasteiger charge is 2.30. The molecule has 1 saturated carbocycles. The van der Waals surface area contributed by atoms with Crippen molar-refractivity contribution in [1.82, 2.24) is 14.9 Å². The summed E-state index contributed by atoms with van der Waals surface area (Å²) in [5, 5.41) is 13.9. The van der Waals surface area contributed by atoms with Gasteiger partial charge < -0.3 is 10.4 Å². The van der Waals surface area contributed by atoms with Gasteiger partial charge in [-0.15, -0.1) is 11.3 Å². The summed E-state index contributed by atoms with van der Waals surface area (Å²) < 4.78 is 1.19. The molecule has 2 aromatic heterocycles. The largest absolute Gasteiger partial charge is 0.480 e. The van der Waals surface area contributed by atoms with Crippen molar-refractivity contribution >= 4 is 33.4 Å². The number of rotatable bonds is 6. The first kappa shape index (κ1) is 14.7. The van der Waals surface area contributed by atoms with Crippen LogP contribution < -0.4 is 10.9 Å². The van der Waals surface area contributed by atoms with E-state index in [1.165, 1.54) is 22.2 Å². The molecule has 1 fully saturated rings. The van der Waals surface area contributed by atoms with Crippen LogP contribution in [0.15, 0.2) is 22.6 Å². The number of carbonyl (C=O) groups excluding carboxylic acids is 1. The Bertz CT molecular complexity index is 778. The first-order valence-electron chi connectivity index (χ1n) is 6.99. The Hall–Kier alpha value is -2.22. The third-order valence-electron chi connectivity index (χ3n) is 3.66. The highest BCUT2D eigenvalue weighted by molar-refractivity contribution is 7.16. The number of nitrogens with zero attached hydrogens (tertiary/aromatic N) is 2. The molecule has 0 aliphatic heterocycles. The molecule has 2 heterocycles. The molecule has 0 aromatic carbocycles. The van der Waals surface area contributed by atoms with Gasteiger partial charge in [0.05, 0.1) is 11.7 Å². The normalized spacial score (nSPS) is 15.6. The molecule has 8 heteroatoms. The van der Waals surface area contributed by atoms with Crippen LogP contribution in [0.25, 0.3) is 10.2 Å². The van der Waals surface area contributed by atoms with Crippen LogP contribution in [0.2, 0.25) is 0 Å². The molecule has 1 amide bonds. The number of carboxylic acids is 1. The average Bonchev–Trinajstić information content (AvgIpc) is 3.15.